The molecule has 14 heavy (non-hydrogen) atoms. The third kappa shape index (κ3) is 2.07. The molecule has 0 radical (unpaired) electrons. The zero-order valence-electron chi connectivity index (χ0n) is 7.27. The van der Waals surface area contributed by atoms with Crippen LogP contribution in [0.4, 0.5) is 10.2 Å². The summed E-state index contributed by atoms with van der Waals surface area (Å²) in [6, 6.07) is 6.30. The van der Waals surface area contributed by atoms with Gasteiger partial charge in [-0.2, -0.15) is 4.39 Å². The first-order valence-corrected chi connectivity index (χ1v) is 4.10. The lowest BCUT2D eigenvalue weighted by atomic mass is 10.4. The van der Waals surface area contributed by atoms with Gasteiger partial charge in [-0.05, 0) is 12.1 Å². The van der Waals surface area contributed by atoms with Crippen LogP contribution in [-0.4, -0.2) is 10.1 Å². The Bertz CT molecular complexity index is 402. The van der Waals surface area contributed by atoms with Gasteiger partial charge >= 0.3 is 0 Å². The van der Waals surface area contributed by atoms with Gasteiger partial charge in [-0.1, -0.05) is 11.2 Å². The molecular weight excluding hydrogens is 185 g/mol. The first-order chi connectivity index (χ1) is 6.84. The quantitative estimate of drug-likeness (QED) is 0.755. The minimum Gasteiger partial charge on any atom is -0.364 e. The van der Waals surface area contributed by atoms with Crippen molar-refractivity contribution in [3.8, 4) is 0 Å². The molecule has 0 amide bonds. The van der Waals surface area contributed by atoms with Gasteiger partial charge in [-0.15, -0.1) is 0 Å². The van der Waals surface area contributed by atoms with Gasteiger partial charge in [0.2, 0.25) is 5.95 Å². The third-order valence-electron chi connectivity index (χ3n) is 1.66. The molecule has 0 spiro atoms. The average molecular weight is 193 g/mol. The van der Waals surface area contributed by atoms with Gasteiger partial charge in [0, 0.05) is 6.07 Å². The summed E-state index contributed by atoms with van der Waals surface area (Å²) >= 11 is 0. The lowest BCUT2D eigenvalue weighted by Gasteiger charge is -2.01. The van der Waals surface area contributed by atoms with Crippen molar-refractivity contribution in [1.82, 2.24) is 10.1 Å². The monoisotopic (exact) mass is 193 g/mol. The van der Waals surface area contributed by atoms with Gasteiger partial charge < -0.3 is 9.84 Å². The van der Waals surface area contributed by atoms with Crippen molar-refractivity contribution in [2.24, 2.45) is 0 Å². The minimum atomic E-state index is -0.504. The summed E-state index contributed by atoms with van der Waals surface area (Å²) in [6.07, 6.45) is 1.48. The highest BCUT2D eigenvalue weighted by molar-refractivity contribution is 5.33. The largest absolute Gasteiger partial charge is 0.364 e. The summed E-state index contributed by atoms with van der Waals surface area (Å²) in [5.41, 5.74) is 0.746. The second-order valence-electron chi connectivity index (χ2n) is 2.69. The number of hydrogen-bond donors (Lipinski definition) is 1. The van der Waals surface area contributed by atoms with Crippen LogP contribution in [0.1, 0.15) is 5.69 Å². The van der Waals surface area contributed by atoms with E-state index in [4.69, 9.17) is 0 Å². The molecule has 0 aliphatic heterocycles. The Hall–Kier alpha value is -1.91. The molecule has 0 saturated carbocycles. The molecule has 0 bridgehead atoms. The van der Waals surface area contributed by atoms with E-state index < -0.39 is 5.95 Å². The van der Waals surface area contributed by atoms with Crippen LogP contribution in [0.25, 0.3) is 0 Å². The number of nitrogens with zero attached hydrogens (tertiary/aromatic N) is 2. The Morgan fingerprint density at radius 3 is 3.00 bits per heavy atom. The van der Waals surface area contributed by atoms with Crippen molar-refractivity contribution in [2.45, 2.75) is 6.54 Å². The number of rotatable bonds is 3. The van der Waals surface area contributed by atoms with Crippen molar-refractivity contribution >= 4 is 5.82 Å². The highest BCUT2D eigenvalue weighted by atomic mass is 19.1. The number of anilines is 1. The summed E-state index contributed by atoms with van der Waals surface area (Å²) < 4.78 is 17.3. The van der Waals surface area contributed by atoms with Gasteiger partial charge in [0.05, 0.1) is 6.54 Å². The van der Waals surface area contributed by atoms with Crippen LogP contribution in [-0.2, 0) is 6.54 Å². The Kier molecular flexibility index (Phi) is 2.40. The van der Waals surface area contributed by atoms with Gasteiger partial charge in [0.1, 0.15) is 17.8 Å². The van der Waals surface area contributed by atoms with Crippen molar-refractivity contribution in [3.05, 3.63) is 42.2 Å². The van der Waals surface area contributed by atoms with Crippen LogP contribution in [0.2, 0.25) is 0 Å². The lowest BCUT2D eigenvalue weighted by Crippen LogP contribution is -2.01. The molecule has 4 nitrogen and oxygen atoms in total. The number of nitrogens with one attached hydrogen (secondary N) is 1. The Labute approximate surface area is 79.8 Å². The van der Waals surface area contributed by atoms with E-state index >= 15 is 0 Å². The zero-order valence-corrected chi connectivity index (χ0v) is 7.27. The van der Waals surface area contributed by atoms with E-state index in [2.05, 4.69) is 20.0 Å². The summed E-state index contributed by atoms with van der Waals surface area (Å²) in [5, 5.41) is 6.61. The Balaban J connectivity index is 1.98. The molecule has 0 saturated heterocycles. The van der Waals surface area contributed by atoms with E-state index in [1.807, 2.05) is 0 Å². The maximum absolute atomic E-state index is 12.6. The topological polar surface area (TPSA) is 51.0 Å². The van der Waals surface area contributed by atoms with E-state index in [0.29, 0.717) is 12.4 Å². The summed E-state index contributed by atoms with van der Waals surface area (Å²) in [5.74, 6) is -0.0249. The van der Waals surface area contributed by atoms with Crippen LogP contribution in [0, 0.1) is 5.95 Å². The number of aromatic nitrogens is 2. The van der Waals surface area contributed by atoms with Crippen molar-refractivity contribution in [3.63, 3.8) is 0 Å². The van der Waals surface area contributed by atoms with Gasteiger partial charge in [0.15, 0.2) is 0 Å². The molecule has 2 aromatic heterocycles. The first-order valence-electron chi connectivity index (χ1n) is 4.10. The molecule has 0 atom stereocenters. The predicted octanol–water partition coefficient (Wildman–Crippen LogP) is 1.82. The third-order valence-corrected chi connectivity index (χ3v) is 1.66. The van der Waals surface area contributed by atoms with E-state index in [0.717, 1.165) is 5.69 Å². The van der Waals surface area contributed by atoms with Crippen LogP contribution in [0.3, 0.4) is 0 Å². The fourth-order valence-corrected chi connectivity index (χ4v) is 1.02. The van der Waals surface area contributed by atoms with Crippen LogP contribution in [0.5, 0.6) is 0 Å². The maximum Gasteiger partial charge on any atom is 0.214 e. The van der Waals surface area contributed by atoms with E-state index in [1.165, 1.54) is 12.3 Å². The number of pyridine rings is 1. The average Bonchev–Trinajstić information content (AvgIpc) is 2.67. The number of hydrogen-bond acceptors (Lipinski definition) is 4. The molecule has 5 heteroatoms. The molecule has 1 N–H and O–H groups in total. The van der Waals surface area contributed by atoms with Gasteiger partial charge in [0.25, 0.3) is 0 Å². The summed E-state index contributed by atoms with van der Waals surface area (Å²) in [6.45, 7) is 0.465. The minimum absolute atomic E-state index is 0.465. The van der Waals surface area contributed by atoms with Crippen LogP contribution >= 0.6 is 0 Å². The molecule has 0 aliphatic rings. The van der Waals surface area contributed by atoms with E-state index in [9.17, 15) is 4.39 Å². The molecular formula is C9H8FN3O. The normalized spacial score (nSPS) is 10.1. The van der Waals surface area contributed by atoms with Crippen LogP contribution in [0.15, 0.2) is 35.1 Å². The van der Waals surface area contributed by atoms with E-state index in [-0.39, 0.29) is 0 Å². The van der Waals surface area contributed by atoms with Crippen molar-refractivity contribution in [2.75, 3.05) is 5.32 Å². The van der Waals surface area contributed by atoms with Crippen LogP contribution < -0.4 is 5.32 Å². The predicted molar refractivity (Wildman–Crippen MR) is 48.0 cm³/mol. The molecule has 0 unspecified atom stereocenters. The standard InChI is InChI=1S/C9H8FN3O/c10-8-2-1-3-9(12-8)11-6-7-4-5-14-13-7/h1-5H,6H2,(H,11,12). The zero-order chi connectivity index (χ0) is 9.80. The Morgan fingerprint density at radius 1 is 1.36 bits per heavy atom. The fraction of sp³-hybridized carbons (Fsp3) is 0.111. The smallest absolute Gasteiger partial charge is 0.214 e. The highest BCUT2D eigenvalue weighted by Crippen LogP contribution is 2.05. The molecule has 0 fully saturated rings. The van der Waals surface area contributed by atoms with Gasteiger partial charge in [-0.25, -0.2) is 4.98 Å². The van der Waals surface area contributed by atoms with Gasteiger partial charge in [-0.3, -0.25) is 0 Å². The first kappa shape index (κ1) is 8.68. The second kappa shape index (κ2) is 3.87. The molecule has 2 rings (SSSR count). The van der Waals surface area contributed by atoms with E-state index in [1.54, 1.807) is 18.2 Å². The molecule has 2 heterocycles. The Morgan fingerprint density at radius 2 is 2.29 bits per heavy atom. The summed E-state index contributed by atoms with van der Waals surface area (Å²) in [7, 11) is 0. The molecule has 0 aromatic carbocycles. The lowest BCUT2D eigenvalue weighted by molar-refractivity contribution is 0.412. The molecule has 2 aromatic rings. The molecule has 0 aliphatic carbocycles. The SMILES string of the molecule is Fc1cccc(NCc2ccon2)n1. The number of halogens is 1. The second-order valence-corrected chi connectivity index (χ2v) is 2.69. The highest BCUT2D eigenvalue weighted by Gasteiger charge is 1.98. The van der Waals surface area contributed by atoms with Crippen molar-refractivity contribution in [1.29, 1.82) is 0 Å². The fourth-order valence-electron chi connectivity index (χ4n) is 1.02. The summed E-state index contributed by atoms with van der Waals surface area (Å²) in [4.78, 5) is 3.64. The molecule has 72 valence electrons. The van der Waals surface area contributed by atoms with Crippen molar-refractivity contribution < 1.29 is 8.91 Å². The maximum atomic E-state index is 12.6.